The summed E-state index contributed by atoms with van der Waals surface area (Å²) in [6, 6.07) is 0. The molecule has 2 rings (SSSR count). The molecule has 78 valence electrons. The Morgan fingerprint density at radius 2 is 2.07 bits per heavy atom. The van der Waals surface area contributed by atoms with Crippen LogP contribution in [0.2, 0.25) is 0 Å². The fraction of sp³-hybridized carbons (Fsp3) is 0.692. The van der Waals surface area contributed by atoms with E-state index in [0.717, 1.165) is 12.3 Å². The second-order valence-corrected chi connectivity index (χ2v) is 4.89. The van der Waals surface area contributed by atoms with Gasteiger partial charge < -0.3 is 5.11 Å². The normalized spacial score (nSPS) is 32.2. The summed E-state index contributed by atoms with van der Waals surface area (Å²) in [6.07, 6.45) is 7.75. The number of hydrogen-bond donors (Lipinski definition) is 1. The Morgan fingerprint density at radius 1 is 1.29 bits per heavy atom. The van der Waals surface area contributed by atoms with Crippen molar-refractivity contribution in [2.24, 2.45) is 5.92 Å². The molecule has 2 aliphatic rings. The number of aliphatic hydroxyl groups is 1. The van der Waals surface area contributed by atoms with Gasteiger partial charge in [0.2, 0.25) is 0 Å². The summed E-state index contributed by atoms with van der Waals surface area (Å²) >= 11 is 0. The highest BCUT2D eigenvalue weighted by molar-refractivity contribution is 5.25. The lowest BCUT2D eigenvalue weighted by atomic mass is 9.74. The zero-order chi connectivity index (χ0) is 10.1. The maximum atomic E-state index is 9.53. The van der Waals surface area contributed by atoms with Gasteiger partial charge in [-0.15, -0.1) is 0 Å². The van der Waals surface area contributed by atoms with Gasteiger partial charge in [-0.05, 0) is 51.9 Å². The molecular formula is C13H20O. The molecule has 1 fully saturated rings. The summed E-state index contributed by atoms with van der Waals surface area (Å²) in [5, 5.41) is 9.53. The standard InChI is InChI=1S/C13H20O/c1-9(2)10-3-4-12-8-13(14)6-5-11(12)7-10/h8,11,13-14H,3-7H2,1-2H3. The van der Waals surface area contributed by atoms with E-state index >= 15 is 0 Å². The minimum atomic E-state index is -0.158. The van der Waals surface area contributed by atoms with Crippen LogP contribution >= 0.6 is 0 Å². The first-order chi connectivity index (χ1) is 6.66. The summed E-state index contributed by atoms with van der Waals surface area (Å²) in [7, 11) is 0. The van der Waals surface area contributed by atoms with Crippen LogP contribution in [-0.4, -0.2) is 11.2 Å². The lowest BCUT2D eigenvalue weighted by Gasteiger charge is -2.32. The Morgan fingerprint density at radius 3 is 2.79 bits per heavy atom. The first-order valence-electron chi connectivity index (χ1n) is 5.70. The van der Waals surface area contributed by atoms with E-state index in [-0.39, 0.29) is 6.10 Å². The Hall–Kier alpha value is -0.560. The summed E-state index contributed by atoms with van der Waals surface area (Å²) in [4.78, 5) is 0. The van der Waals surface area contributed by atoms with Crippen LogP contribution in [0.25, 0.3) is 0 Å². The molecule has 0 bridgehead atoms. The van der Waals surface area contributed by atoms with Crippen LogP contribution in [0.15, 0.2) is 22.8 Å². The highest BCUT2D eigenvalue weighted by Gasteiger charge is 2.26. The number of rotatable bonds is 0. The second-order valence-electron chi connectivity index (χ2n) is 4.89. The van der Waals surface area contributed by atoms with Crippen molar-refractivity contribution < 1.29 is 5.11 Å². The minimum absolute atomic E-state index is 0.158. The van der Waals surface area contributed by atoms with Gasteiger partial charge in [0, 0.05) is 0 Å². The van der Waals surface area contributed by atoms with Crippen molar-refractivity contribution in [1.29, 1.82) is 0 Å². The zero-order valence-corrected chi connectivity index (χ0v) is 9.21. The molecule has 0 aliphatic heterocycles. The molecule has 0 aromatic heterocycles. The average molecular weight is 192 g/mol. The number of hydrogen-bond acceptors (Lipinski definition) is 1. The van der Waals surface area contributed by atoms with Crippen LogP contribution in [0.5, 0.6) is 0 Å². The second kappa shape index (κ2) is 3.90. The van der Waals surface area contributed by atoms with Crippen LogP contribution in [-0.2, 0) is 0 Å². The minimum Gasteiger partial charge on any atom is -0.389 e. The maximum absolute atomic E-state index is 9.53. The van der Waals surface area contributed by atoms with E-state index in [0.29, 0.717) is 0 Å². The molecule has 0 radical (unpaired) electrons. The van der Waals surface area contributed by atoms with E-state index in [1.165, 1.54) is 36.8 Å². The molecule has 0 saturated heterocycles. The Kier molecular flexibility index (Phi) is 2.78. The largest absolute Gasteiger partial charge is 0.389 e. The third kappa shape index (κ3) is 1.93. The number of fused-ring (bicyclic) bond motifs is 1. The quantitative estimate of drug-likeness (QED) is 0.584. The van der Waals surface area contributed by atoms with Crippen molar-refractivity contribution in [3.63, 3.8) is 0 Å². The van der Waals surface area contributed by atoms with Crippen molar-refractivity contribution in [3.05, 3.63) is 22.8 Å². The summed E-state index contributed by atoms with van der Waals surface area (Å²) in [6.45, 7) is 4.45. The molecule has 1 nitrogen and oxygen atoms in total. The van der Waals surface area contributed by atoms with Gasteiger partial charge in [-0.1, -0.05) is 22.8 Å². The van der Waals surface area contributed by atoms with E-state index in [2.05, 4.69) is 19.9 Å². The number of allylic oxidation sites excluding steroid dienone is 3. The highest BCUT2D eigenvalue weighted by atomic mass is 16.3. The third-order valence-corrected chi connectivity index (χ3v) is 3.66. The fourth-order valence-electron chi connectivity index (χ4n) is 2.69. The summed E-state index contributed by atoms with van der Waals surface area (Å²) in [5.41, 5.74) is 4.69. The van der Waals surface area contributed by atoms with Crippen LogP contribution in [0.4, 0.5) is 0 Å². The first kappa shape index (κ1) is 9.97. The van der Waals surface area contributed by atoms with Gasteiger partial charge in [0.1, 0.15) is 0 Å². The lowest BCUT2D eigenvalue weighted by Crippen LogP contribution is -2.21. The Labute approximate surface area is 86.5 Å². The molecule has 0 spiro atoms. The van der Waals surface area contributed by atoms with Gasteiger partial charge in [-0.2, -0.15) is 0 Å². The molecule has 1 saturated carbocycles. The van der Waals surface area contributed by atoms with Crippen molar-refractivity contribution in [2.45, 2.75) is 52.1 Å². The molecule has 1 N–H and O–H groups in total. The van der Waals surface area contributed by atoms with Gasteiger partial charge >= 0.3 is 0 Å². The van der Waals surface area contributed by atoms with Gasteiger partial charge in [-0.25, -0.2) is 0 Å². The van der Waals surface area contributed by atoms with Crippen molar-refractivity contribution in [3.8, 4) is 0 Å². The van der Waals surface area contributed by atoms with E-state index in [4.69, 9.17) is 0 Å². The molecular weight excluding hydrogens is 172 g/mol. The third-order valence-electron chi connectivity index (χ3n) is 3.66. The predicted molar refractivity (Wildman–Crippen MR) is 59.0 cm³/mol. The fourth-order valence-corrected chi connectivity index (χ4v) is 2.69. The Bertz CT molecular complexity index is 282. The molecule has 1 heteroatoms. The average Bonchev–Trinajstić information content (AvgIpc) is 2.16. The monoisotopic (exact) mass is 192 g/mol. The van der Waals surface area contributed by atoms with Crippen LogP contribution in [0, 0.1) is 5.92 Å². The topological polar surface area (TPSA) is 20.2 Å². The molecule has 0 aromatic rings. The van der Waals surface area contributed by atoms with Crippen molar-refractivity contribution in [1.82, 2.24) is 0 Å². The van der Waals surface area contributed by atoms with Gasteiger partial charge in [0.15, 0.2) is 0 Å². The number of aliphatic hydroxyl groups excluding tert-OH is 1. The predicted octanol–water partition coefficient (Wildman–Crippen LogP) is 3.20. The smallest absolute Gasteiger partial charge is 0.0723 e. The molecule has 0 aromatic carbocycles. The van der Waals surface area contributed by atoms with Crippen LogP contribution in [0.3, 0.4) is 0 Å². The maximum Gasteiger partial charge on any atom is 0.0723 e. The van der Waals surface area contributed by atoms with Crippen LogP contribution < -0.4 is 0 Å². The van der Waals surface area contributed by atoms with E-state index in [1.807, 2.05) is 0 Å². The summed E-state index contributed by atoms with van der Waals surface area (Å²) in [5.74, 6) is 0.747. The zero-order valence-electron chi connectivity index (χ0n) is 9.21. The van der Waals surface area contributed by atoms with Gasteiger partial charge in [0.05, 0.1) is 6.10 Å². The van der Waals surface area contributed by atoms with Gasteiger partial charge in [0.25, 0.3) is 0 Å². The van der Waals surface area contributed by atoms with Crippen LogP contribution in [0.1, 0.15) is 46.0 Å². The molecule has 0 heterocycles. The SMILES string of the molecule is CC(C)=C1CCC2=CC(O)CCC2C1. The molecule has 2 unspecified atom stereocenters. The summed E-state index contributed by atoms with van der Waals surface area (Å²) < 4.78 is 0. The lowest BCUT2D eigenvalue weighted by molar-refractivity contribution is 0.187. The first-order valence-corrected chi connectivity index (χ1v) is 5.70. The Balaban J connectivity index is 2.14. The molecule has 14 heavy (non-hydrogen) atoms. The van der Waals surface area contributed by atoms with Gasteiger partial charge in [-0.3, -0.25) is 0 Å². The molecule has 0 amide bonds. The highest BCUT2D eigenvalue weighted by Crippen LogP contribution is 2.39. The van der Waals surface area contributed by atoms with E-state index in [1.54, 1.807) is 5.57 Å². The van der Waals surface area contributed by atoms with E-state index in [9.17, 15) is 5.11 Å². The van der Waals surface area contributed by atoms with Crippen molar-refractivity contribution in [2.75, 3.05) is 0 Å². The molecule has 2 aliphatic carbocycles. The van der Waals surface area contributed by atoms with Crippen molar-refractivity contribution >= 4 is 0 Å². The van der Waals surface area contributed by atoms with E-state index < -0.39 is 0 Å². The molecule has 2 atom stereocenters.